The van der Waals surface area contributed by atoms with Crippen LogP contribution < -0.4 is 5.32 Å². The third-order valence-electron chi connectivity index (χ3n) is 2.86. The lowest BCUT2D eigenvalue weighted by atomic mass is 9.88. The molecule has 1 fully saturated rings. The van der Waals surface area contributed by atoms with Gasteiger partial charge in [-0.25, -0.2) is 13.2 Å². The molecule has 1 aromatic rings. The molecule has 0 bridgehead atoms. The lowest BCUT2D eigenvalue weighted by Gasteiger charge is -2.15. The molecule has 2 N–H and O–H groups in total. The van der Waals surface area contributed by atoms with E-state index in [1.165, 1.54) is 0 Å². The Bertz CT molecular complexity index is 509. The quantitative estimate of drug-likeness (QED) is 0.779. The minimum absolute atomic E-state index is 0.199. The number of carboxylic acid groups (broad SMARTS) is 1. The van der Waals surface area contributed by atoms with Crippen LogP contribution in [-0.4, -0.2) is 23.5 Å². The second-order valence-corrected chi connectivity index (χ2v) is 3.95. The minimum Gasteiger partial charge on any atom is -0.481 e. The van der Waals surface area contributed by atoms with Crippen molar-refractivity contribution >= 4 is 11.9 Å². The van der Waals surface area contributed by atoms with E-state index in [0.717, 1.165) is 0 Å². The Hall–Kier alpha value is -2.05. The predicted molar refractivity (Wildman–Crippen MR) is 53.2 cm³/mol. The summed E-state index contributed by atoms with van der Waals surface area (Å²) in [5.41, 5.74) is -0.581. The highest BCUT2D eigenvalue weighted by Crippen LogP contribution is 2.33. The van der Waals surface area contributed by atoms with Crippen LogP contribution in [0.15, 0.2) is 12.1 Å². The third-order valence-corrected chi connectivity index (χ3v) is 2.86. The lowest BCUT2D eigenvalue weighted by molar-refractivity contribution is -0.145. The normalized spacial score (nSPS) is 22.9. The molecule has 0 unspecified atom stereocenters. The van der Waals surface area contributed by atoms with Gasteiger partial charge in [-0.3, -0.25) is 9.59 Å². The first-order valence-corrected chi connectivity index (χ1v) is 5.06. The SMILES string of the molecule is O=C(O)[C@@H]1C(=O)NC[C@H]1c1c(F)cc(F)cc1F. The Morgan fingerprint density at radius 3 is 2.33 bits per heavy atom. The van der Waals surface area contributed by atoms with Crippen molar-refractivity contribution in [1.29, 1.82) is 0 Å². The van der Waals surface area contributed by atoms with Crippen LogP contribution in [0.3, 0.4) is 0 Å². The summed E-state index contributed by atoms with van der Waals surface area (Å²) in [5.74, 6) is -8.53. The fourth-order valence-electron chi connectivity index (χ4n) is 2.08. The van der Waals surface area contributed by atoms with Crippen molar-refractivity contribution in [2.45, 2.75) is 5.92 Å². The van der Waals surface area contributed by atoms with Gasteiger partial charge >= 0.3 is 5.97 Å². The van der Waals surface area contributed by atoms with Gasteiger partial charge in [0.25, 0.3) is 0 Å². The van der Waals surface area contributed by atoms with Gasteiger partial charge < -0.3 is 10.4 Å². The van der Waals surface area contributed by atoms with Crippen molar-refractivity contribution in [3.63, 3.8) is 0 Å². The second kappa shape index (κ2) is 4.32. The molecule has 0 saturated carbocycles. The number of hydrogen-bond acceptors (Lipinski definition) is 2. The summed E-state index contributed by atoms with van der Waals surface area (Å²) in [6.45, 7) is -0.199. The Morgan fingerprint density at radius 1 is 1.28 bits per heavy atom. The maximum atomic E-state index is 13.5. The number of carboxylic acids is 1. The molecule has 1 heterocycles. The van der Waals surface area contributed by atoms with Crippen molar-refractivity contribution in [1.82, 2.24) is 5.32 Å². The van der Waals surface area contributed by atoms with Crippen LogP contribution in [0.5, 0.6) is 0 Å². The number of hydrogen-bond donors (Lipinski definition) is 2. The highest BCUT2D eigenvalue weighted by molar-refractivity contribution is 5.99. The van der Waals surface area contributed by atoms with Crippen LogP contribution in [0, 0.1) is 23.4 Å². The molecule has 96 valence electrons. The van der Waals surface area contributed by atoms with Crippen LogP contribution >= 0.6 is 0 Å². The molecule has 1 amide bonds. The molecule has 1 aliphatic heterocycles. The Labute approximate surface area is 99.4 Å². The summed E-state index contributed by atoms with van der Waals surface area (Å²) >= 11 is 0. The van der Waals surface area contributed by atoms with Crippen LogP contribution in [-0.2, 0) is 9.59 Å². The number of carbonyl (C=O) groups is 2. The van der Waals surface area contributed by atoms with Crippen LogP contribution in [0.1, 0.15) is 11.5 Å². The molecule has 1 aromatic carbocycles. The number of rotatable bonds is 2. The molecule has 2 atom stereocenters. The number of amides is 1. The van der Waals surface area contributed by atoms with Crippen LogP contribution in [0.2, 0.25) is 0 Å². The third kappa shape index (κ3) is 1.92. The van der Waals surface area contributed by atoms with Crippen molar-refractivity contribution in [2.24, 2.45) is 5.92 Å². The van der Waals surface area contributed by atoms with Crippen LogP contribution in [0.4, 0.5) is 13.2 Å². The van der Waals surface area contributed by atoms with E-state index in [2.05, 4.69) is 5.32 Å². The molecular weight excluding hydrogens is 251 g/mol. The topological polar surface area (TPSA) is 66.4 Å². The van der Waals surface area contributed by atoms with E-state index in [1.54, 1.807) is 0 Å². The maximum Gasteiger partial charge on any atom is 0.316 e. The zero-order valence-corrected chi connectivity index (χ0v) is 8.91. The van der Waals surface area contributed by atoms with Crippen molar-refractivity contribution in [3.8, 4) is 0 Å². The van der Waals surface area contributed by atoms with Crippen molar-refractivity contribution in [2.75, 3.05) is 6.54 Å². The number of nitrogens with one attached hydrogen (secondary N) is 1. The van der Waals surface area contributed by atoms with Gasteiger partial charge in [-0.15, -0.1) is 0 Å². The fraction of sp³-hybridized carbons (Fsp3) is 0.273. The molecule has 0 aromatic heterocycles. The Balaban J connectivity index is 2.49. The standard InChI is InChI=1S/C11H8F3NO3/c12-4-1-6(13)8(7(14)2-4)5-3-15-10(16)9(5)11(17)18/h1-2,5,9H,3H2,(H,15,16)(H,17,18)/t5-,9-/m0/s1. The Morgan fingerprint density at radius 2 is 1.83 bits per heavy atom. The van der Waals surface area contributed by atoms with Gasteiger partial charge in [-0.1, -0.05) is 0 Å². The van der Waals surface area contributed by atoms with Gasteiger partial charge in [-0.2, -0.15) is 0 Å². The number of carbonyl (C=O) groups excluding carboxylic acids is 1. The lowest BCUT2D eigenvalue weighted by Crippen LogP contribution is -2.27. The van der Waals surface area contributed by atoms with E-state index < -0.39 is 46.7 Å². The highest BCUT2D eigenvalue weighted by atomic mass is 19.1. The summed E-state index contributed by atoms with van der Waals surface area (Å²) in [5, 5.41) is 11.1. The summed E-state index contributed by atoms with van der Waals surface area (Å²) < 4.78 is 39.8. The van der Waals surface area contributed by atoms with E-state index >= 15 is 0 Å². The monoisotopic (exact) mass is 259 g/mol. The van der Waals surface area contributed by atoms with E-state index in [-0.39, 0.29) is 6.54 Å². The predicted octanol–water partition coefficient (Wildman–Crippen LogP) is 1.02. The molecule has 1 aliphatic rings. The minimum atomic E-state index is -1.57. The molecule has 7 heteroatoms. The van der Waals surface area contributed by atoms with Gasteiger partial charge in [0, 0.05) is 30.2 Å². The largest absolute Gasteiger partial charge is 0.481 e. The highest BCUT2D eigenvalue weighted by Gasteiger charge is 2.43. The maximum absolute atomic E-state index is 13.5. The first kappa shape index (κ1) is 12.4. The summed E-state index contributed by atoms with van der Waals surface area (Å²) in [6.07, 6.45) is 0. The average molecular weight is 259 g/mol. The van der Waals surface area contributed by atoms with Gasteiger partial charge in [0.15, 0.2) is 0 Å². The van der Waals surface area contributed by atoms with E-state index in [4.69, 9.17) is 5.11 Å². The van der Waals surface area contributed by atoms with Gasteiger partial charge in [0.05, 0.1) is 0 Å². The molecule has 18 heavy (non-hydrogen) atoms. The zero-order chi connectivity index (χ0) is 13.4. The summed E-state index contributed by atoms with van der Waals surface area (Å²) in [7, 11) is 0. The molecule has 0 aliphatic carbocycles. The first-order chi connectivity index (χ1) is 8.41. The number of halogens is 3. The molecule has 4 nitrogen and oxygen atoms in total. The summed E-state index contributed by atoms with van der Waals surface area (Å²) in [4.78, 5) is 22.2. The smallest absolute Gasteiger partial charge is 0.316 e. The first-order valence-electron chi connectivity index (χ1n) is 5.06. The van der Waals surface area contributed by atoms with Crippen LogP contribution in [0.25, 0.3) is 0 Å². The number of aliphatic carboxylic acids is 1. The van der Waals surface area contributed by atoms with Gasteiger partial charge in [-0.05, 0) is 0 Å². The van der Waals surface area contributed by atoms with E-state index in [1.807, 2.05) is 0 Å². The number of benzene rings is 1. The second-order valence-electron chi connectivity index (χ2n) is 3.95. The van der Waals surface area contributed by atoms with Gasteiger partial charge in [0.1, 0.15) is 23.4 Å². The zero-order valence-electron chi connectivity index (χ0n) is 8.91. The van der Waals surface area contributed by atoms with E-state index in [0.29, 0.717) is 12.1 Å². The fourth-order valence-corrected chi connectivity index (χ4v) is 2.08. The molecule has 2 rings (SSSR count). The van der Waals surface area contributed by atoms with Gasteiger partial charge in [0.2, 0.25) is 5.91 Å². The van der Waals surface area contributed by atoms with E-state index in [9.17, 15) is 22.8 Å². The molecule has 1 saturated heterocycles. The Kier molecular flexibility index (Phi) is 2.98. The molecule has 0 spiro atoms. The van der Waals surface area contributed by atoms with Crippen molar-refractivity contribution in [3.05, 3.63) is 35.1 Å². The summed E-state index contributed by atoms with van der Waals surface area (Å²) in [6, 6.07) is 0.917. The average Bonchev–Trinajstić information content (AvgIpc) is 2.58. The molecular formula is C11H8F3NO3. The van der Waals surface area contributed by atoms with Crippen molar-refractivity contribution < 1.29 is 27.9 Å². The molecule has 0 radical (unpaired) electrons.